The zero-order valence-corrected chi connectivity index (χ0v) is 14.7. The minimum Gasteiger partial charge on any atom is -0.0990 e. The van der Waals surface area contributed by atoms with Crippen molar-refractivity contribution in [3.63, 3.8) is 0 Å². The van der Waals surface area contributed by atoms with Crippen molar-refractivity contribution in [3.05, 3.63) is 55.3 Å². The van der Waals surface area contributed by atoms with Crippen molar-refractivity contribution in [2.75, 3.05) is 0 Å². The van der Waals surface area contributed by atoms with Crippen molar-refractivity contribution in [3.8, 4) is 0 Å². The monoisotopic (exact) mass is 360 g/mol. The van der Waals surface area contributed by atoms with Gasteiger partial charge in [0.1, 0.15) is 0 Å². The molecule has 2 heteroatoms. The smallest absolute Gasteiger partial charge is 0.0279 e. The Morgan fingerprint density at radius 3 is 1.86 bits per heavy atom. The summed E-state index contributed by atoms with van der Waals surface area (Å²) in [4.78, 5) is 3.43. The molecular weight excluding hydrogens is 340 g/mol. The van der Waals surface area contributed by atoms with Crippen LogP contribution in [0, 0.1) is 0 Å². The molecule has 0 unspecified atom stereocenters. The molecule has 0 amide bonds. The van der Waals surface area contributed by atoms with Crippen LogP contribution in [0.3, 0.4) is 0 Å². The van der Waals surface area contributed by atoms with Gasteiger partial charge in [-0.25, -0.2) is 0 Å². The number of benzene rings is 1. The average Bonchev–Trinajstić information content (AvgIpc) is 2.53. The van der Waals surface area contributed by atoms with Gasteiger partial charge in [-0.3, -0.25) is 0 Å². The lowest BCUT2D eigenvalue weighted by atomic mass is 9.76. The Balaban J connectivity index is 1.81. The van der Waals surface area contributed by atoms with Gasteiger partial charge in [0, 0.05) is 10.4 Å². The molecule has 0 N–H and O–H groups in total. The van der Waals surface area contributed by atoms with E-state index in [9.17, 15) is 0 Å². The average molecular weight is 361 g/mol. The zero-order chi connectivity index (χ0) is 14.2. The molecule has 3 aliphatic rings. The Hall–Kier alpha value is -0.470. The van der Waals surface area contributed by atoms with Gasteiger partial charge in [0.25, 0.3) is 0 Å². The van der Waals surface area contributed by atoms with Gasteiger partial charge in [-0.05, 0) is 90.0 Å². The maximum Gasteiger partial charge on any atom is 0.0279 e. The summed E-state index contributed by atoms with van der Waals surface area (Å²) in [6.45, 7) is 0. The lowest BCUT2D eigenvalue weighted by Crippen LogP contribution is -2.18. The summed E-state index contributed by atoms with van der Waals surface area (Å²) in [5, 5.41) is 0. The van der Waals surface area contributed by atoms with E-state index in [0.29, 0.717) is 5.92 Å². The number of thioether (sulfide) groups is 1. The second-order valence-electron chi connectivity index (χ2n) is 6.40. The van der Waals surface area contributed by atoms with E-state index >= 15 is 0 Å². The van der Waals surface area contributed by atoms with Gasteiger partial charge in [-0.1, -0.05) is 39.8 Å². The van der Waals surface area contributed by atoms with Crippen LogP contribution in [-0.2, 0) is 0 Å². The number of hydrogen-bond acceptors (Lipinski definition) is 1. The number of hydrogen-bond donors (Lipinski definition) is 0. The predicted molar refractivity (Wildman–Crippen MR) is 95.5 cm³/mol. The highest BCUT2D eigenvalue weighted by Crippen LogP contribution is 2.55. The summed E-state index contributed by atoms with van der Waals surface area (Å²) in [7, 11) is 0. The van der Waals surface area contributed by atoms with Gasteiger partial charge in [0.05, 0.1) is 0 Å². The molecule has 0 fully saturated rings. The van der Waals surface area contributed by atoms with E-state index in [0.717, 1.165) is 0 Å². The lowest BCUT2D eigenvalue weighted by Gasteiger charge is -2.37. The maximum absolute atomic E-state index is 3.58. The van der Waals surface area contributed by atoms with Gasteiger partial charge >= 0.3 is 0 Å². The molecule has 0 radical (unpaired) electrons. The van der Waals surface area contributed by atoms with E-state index in [-0.39, 0.29) is 0 Å². The van der Waals surface area contributed by atoms with Crippen molar-refractivity contribution >= 4 is 27.7 Å². The molecule has 0 saturated carbocycles. The molecule has 1 heterocycles. The van der Waals surface area contributed by atoms with Gasteiger partial charge in [0.15, 0.2) is 0 Å². The van der Waals surface area contributed by atoms with E-state index in [1.807, 2.05) is 0 Å². The first-order valence-corrected chi connectivity index (χ1v) is 9.81. The highest BCUT2D eigenvalue weighted by molar-refractivity contribution is 9.10. The van der Waals surface area contributed by atoms with Crippen molar-refractivity contribution in [2.45, 2.75) is 57.3 Å². The number of rotatable bonds is 1. The van der Waals surface area contributed by atoms with Crippen LogP contribution < -0.4 is 0 Å². The van der Waals surface area contributed by atoms with Crippen LogP contribution in [0.15, 0.2) is 49.7 Å². The maximum atomic E-state index is 3.58. The zero-order valence-electron chi connectivity index (χ0n) is 12.3. The fourth-order valence-corrected chi connectivity index (χ4v) is 5.82. The van der Waals surface area contributed by atoms with E-state index in [1.54, 1.807) is 21.0 Å². The van der Waals surface area contributed by atoms with Crippen LogP contribution >= 0.6 is 27.7 Å². The predicted octanol–water partition coefficient (Wildman–Crippen LogP) is 6.94. The molecule has 110 valence electrons. The minimum absolute atomic E-state index is 0.602. The third-order valence-electron chi connectivity index (χ3n) is 5.06. The minimum atomic E-state index is 0.602. The Kier molecular flexibility index (Phi) is 4.02. The third-order valence-corrected chi connectivity index (χ3v) is 7.02. The first-order chi connectivity index (χ1) is 10.3. The van der Waals surface area contributed by atoms with Crippen LogP contribution in [0.5, 0.6) is 0 Å². The Labute approximate surface area is 140 Å². The van der Waals surface area contributed by atoms with E-state index in [4.69, 9.17) is 0 Å². The number of halogens is 1. The van der Waals surface area contributed by atoms with Crippen LogP contribution in [0.1, 0.15) is 62.8 Å². The summed E-state index contributed by atoms with van der Waals surface area (Å²) in [5.74, 6) is 0.602. The van der Waals surface area contributed by atoms with Crippen LogP contribution in [0.2, 0.25) is 0 Å². The van der Waals surface area contributed by atoms with Crippen LogP contribution in [0.25, 0.3) is 0 Å². The second kappa shape index (κ2) is 5.96. The van der Waals surface area contributed by atoms with Gasteiger partial charge < -0.3 is 0 Å². The Morgan fingerprint density at radius 1 is 0.762 bits per heavy atom. The topological polar surface area (TPSA) is 0 Å². The molecule has 0 atom stereocenters. The summed E-state index contributed by atoms with van der Waals surface area (Å²) >= 11 is 5.73. The molecule has 4 rings (SSSR count). The van der Waals surface area contributed by atoms with Crippen LogP contribution in [0.4, 0.5) is 0 Å². The van der Waals surface area contributed by atoms with E-state index < -0.39 is 0 Å². The second-order valence-corrected chi connectivity index (χ2v) is 8.50. The first kappa shape index (κ1) is 14.1. The standard InChI is InChI=1S/C19H21BrS/c20-14-11-9-13(10-12-14)19-15-5-1-3-7-17(15)21-18-8-4-2-6-16(18)19/h9-12,19H,1-8H2. The van der Waals surface area contributed by atoms with Crippen molar-refractivity contribution in [2.24, 2.45) is 0 Å². The molecule has 0 nitrogen and oxygen atoms in total. The summed E-state index contributed by atoms with van der Waals surface area (Å²) in [5.41, 5.74) is 5.03. The third kappa shape index (κ3) is 2.66. The van der Waals surface area contributed by atoms with Gasteiger partial charge in [0.2, 0.25) is 0 Å². The Morgan fingerprint density at radius 2 is 1.29 bits per heavy atom. The molecule has 0 bridgehead atoms. The highest BCUT2D eigenvalue weighted by atomic mass is 79.9. The molecule has 0 saturated heterocycles. The molecule has 1 aromatic carbocycles. The molecule has 1 aromatic rings. The molecular formula is C19H21BrS. The van der Waals surface area contributed by atoms with Crippen molar-refractivity contribution < 1.29 is 0 Å². The Bertz CT molecular complexity index is 577. The van der Waals surface area contributed by atoms with Gasteiger partial charge in [-0.2, -0.15) is 0 Å². The first-order valence-electron chi connectivity index (χ1n) is 8.20. The van der Waals surface area contributed by atoms with Crippen molar-refractivity contribution in [1.82, 2.24) is 0 Å². The van der Waals surface area contributed by atoms with E-state index in [2.05, 4.69) is 52.0 Å². The van der Waals surface area contributed by atoms with Crippen LogP contribution in [-0.4, -0.2) is 0 Å². The quantitative estimate of drug-likeness (QED) is 0.522. The van der Waals surface area contributed by atoms with Crippen molar-refractivity contribution in [1.29, 1.82) is 0 Å². The van der Waals surface area contributed by atoms with E-state index in [1.165, 1.54) is 61.4 Å². The summed E-state index contributed by atoms with van der Waals surface area (Å²) in [6.07, 6.45) is 10.8. The molecule has 0 spiro atoms. The summed E-state index contributed by atoms with van der Waals surface area (Å²) in [6, 6.07) is 9.10. The fraction of sp³-hybridized carbons (Fsp3) is 0.474. The fourth-order valence-electron chi connectivity index (χ4n) is 4.06. The molecule has 1 aliphatic heterocycles. The SMILES string of the molecule is Brc1ccc(C2C3=C(CCCC3)SC3=C2CCCC3)cc1. The van der Waals surface area contributed by atoms with Gasteiger partial charge in [-0.15, -0.1) is 0 Å². The molecule has 0 aromatic heterocycles. The summed E-state index contributed by atoms with van der Waals surface area (Å²) < 4.78 is 1.19. The lowest BCUT2D eigenvalue weighted by molar-refractivity contribution is 0.611. The largest absolute Gasteiger partial charge is 0.0990 e. The number of allylic oxidation sites excluding steroid dienone is 4. The normalized spacial score (nSPS) is 23.1. The highest BCUT2D eigenvalue weighted by Gasteiger charge is 2.33. The molecule has 21 heavy (non-hydrogen) atoms. The molecule has 2 aliphatic carbocycles.